The van der Waals surface area contributed by atoms with Crippen molar-refractivity contribution < 1.29 is 73.9 Å². The molecule has 0 aliphatic carbocycles. The summed E-state index contributed by atoms with van der Waals surface area (Å²) < 4.78 is 106. The largest absolute Gasteiger partial charge is 0.493 e. The quantitative estimate of drug-likeness (QED) is 0.0491. The Kier molecular flexibility index (Phi) is 16.3. The van der Waals surface area contributed by atoms with Crippen LogP contribution in [-0.2, 0) is 74.8 Å². The second-order valence-electron chi connectivity index (χ2n) is 17.1. The lowest BCUT2D eigenvalue weighted by atomic mass is 9.97. The summed E-state index contributed by atoms with van der Waals surface area (Å²) >= 11 is 0. The Hall–Kier alpha value is -7.12. The van der Waals surface area contributed by atoms with Gasteiger partial charge in [-0.2, -0.15) is 26.3 Å². The zero-order valence-corrected chi connectivity index (χ0v) is 39.3. The Balaban J connectivity index is 0.000000209. The van der Waals surface area contributed by atoms with E-state index in [0.717, 1.165) is 28.1 Å². The van der Waals surface area contributed by atoms with Gasteiger partial charge in [0.2, 0.25) is 11.8 Å². The third-order valence-electron chi connectivity index (χ3n) is 12.1. The Morgan fingerprint density at radius 2 is 1.08 bits per heavy atom. The number of carbonyl (C=O) groups is 4. The minimum absolute atomic E-state index is 0.0117. The smallest absolute Gasteiger partial charge is 0.437 e. The number of hydrogen-bond donors (Lipinski definition) is 1. The first kappa shape index (κ1) is 51.7. The fourth-order valence-corrected chi connectivity index (χ4v) is 8.89. The first-order valence-electron chi connectivity index (χ1n) is 23.3. The van der Waals surface area contributed by atoms with Gasteiger partial charge in [-0.1, -0.05) is 61.3 Å². The molecule has 0 spiro atoms. The van der Waals surface area contributed by atoms with Gasteiger partial charge in [0.15, 0.2) is 22.6 Å². The number of esters is 1. The van der Waals surface area contributed by atoms with Crippen molar-refractivity contribution in [3.8, 4) is 11.5 Å². The average molecular weight is 995 g/mol. The molecule has 378 valence electrons. The van der Waals surface area contributed by atoms with Crippen molar-refractivity contribution in [2.45, 2.75) is 103 Å². The summed E-state index contributed by atoms with van der Waals surface area (Å²) in [4.78, 5) is 51.1. The molecule has 0 atom stereocenters. The fraction of sp³-hybridized carbons (Fsp3) is 0.412. The van der Waals surface area contributed by atoms with Gasteiger partial charge in [-0.25, -0.2) is 0 Å². The molecule has 14 nitrogen and oxygen atoms in total. The van der Waals surface area contributed by atoms with E-state index in [0.29, 0.717) is 105 Å². The van der Waals surface area contributed by atoms with Crippen molar-refractivity contribution in [3.05, 3.63) is 105 Å². The van der Waals surface area contributed by atoms with Crippen molar-refractivity contribution >= 4 is 57.1 Å². The summed E-state index contributed by atoms with van der Waals surface area (Å²) in [6.07, 6.45) is -3.90. The highest BCUT2D eigenvalue weighted by molar-refractivity contribution is 5.97. The van der Waals surface area contributed by atoms with E-state index in [2.05, 4.69) is 10.3 Å². The number of benzene rings is 4. The van der Waals surface area contributed by atoms with Gasteiger partial charge in [0.05, 0.1) is 43.9 Å². The Morgan fingerprint density at radius 3 is 1.48 bits per heavy atom. The van der Waals surface area contributed by atoms with Gasteiger partial charge in [0.25, 0.3) is 0 Å². The average Bonchev–Trinajstić information content (AvgIpc) is 3.98. The minimum atomic E-state index is -4.61. The number of carbonyl (C=O) groups excluding carboxylic acids is 3. The Labute approximate surface area is 403 Å². The number of rotatable bonds is 18. The van der Waals surface area contributed by atoms with E-state index in [1.807, 2.05) is 38.1 Å². The first-order valence-corrected chi connectivity index (χ1v) is 23.3. The topological polar surface area (TPSA) is 175 Å². The predicted octanol–water partition coefficient (Wildman–Crippen LogP) is 10.4. The summed E-state index contributed by atoms with van der Waals surface area (Å²) in [5.74, 6) is -0.349. The molecular formula is C51H52F6N4O10. The number of hydrogen-bond acceptors (Lipinski definition) is 11. The molecular weight excluding hydrogens is 943 g/mol. The van der Waals surface area contributed by atoms with Crippen molar-refractivity contribution in [1.29, 1.82) is 0 Å². The van der Waals surface area contributed by atoms with Crippen molar-refractivity contribution in [2.24, 2.45) is 0 Å². The normalized spacial score (nSPS) is 13.8. The van der Waals surface area contributed by atoms with Gasteiger partial charge in [0, 0.05) is 48.4 Å². The zero-order valence-electron chi connectivity index (χ0n) is 39.3. The van der Waals surface area contributed by atoms with Crippen LogP contribution in [-0.4, -0.2) is 72.6 Å². The summed E-state index contributed by atoms with van der Waals surface area (Å²) in [7, 11) is 1.35. The summed E-state index contributed by atoms with van der Waals surface area (Å²) in [6.45, 7) is 5.16. The van der Waals surface area contributed by atoms with Gasteiger partial charge < -0.3 is 38.2 Å². The predicted molar refractivity (Wildman–Crippen MR) is 248 cm³/mol. The number of fused-ring (bicyclic) bond motifs is 4. The molecule has 0 fully saturated rings. The molecule has 6 aromatic rings. The number of carboxylic acids is 1. The van der Waals surface area contributed by atoms with E-state index >= 15 is 0 Å². The van der Waals surface area contributed by atoms with Gasteiger partial charge in [0.1, 0.15) is 11.5 Å². The number of aromatic nitrogens is 2. The molecule has 0 unspecified atom stereocenters. The molecule has 0 saturated heterocycles. The first-order chi connectivity index (χ1) is 33.9. The molecule has 71 heavy (non-hydrogen) atoms. The maximum atomic E-state index is 13.2. The number of ether oxygens (including phenoxy) is 3. The van der Waals surface area contributed by atoms with Crippen LogP contribution in [0, 0.1) is 0 Å². The number of aryl methyl sites for hydroxylation is 4. The zero-order chi connectivity index (χ0) is 51.0. The number of methoxy groups -OCH3 is 1. The number of anilines is 2. The number of carboxylic acid groups (broad SMARTS) is 1. The number of aliphatic carboxylic acids is 1. The van der Waals surface area contributed by atoms with Gasteiger partial charge >= 0.3 is 24.3 Å². The SMILES string of the molecule is CCCc1c(OCCCN2C(=O)CCc3cc(CC(=O)O)ccc32)ccc2c(C(F)(F)F)noc12.CCCc1c(OCCCN2C(=O)CCc3cc(CC(=O)OC)ccc32)ccc2c(C(F)(F)F)noc12. The lowest BCUT2D eigenvalue weighted by Crippen LogP contribution is -2.36. The second kappa shape index (κ2) is 22.3. The Morgan fingerprint density at radius 1 is 0.648 bits per heavy atom. The fourth-order valence-electron chi connectivity index (χ4n) is 8.89. The van der Waals surface area contributed by atoms with E-state index < -0.39 is 29.7 Å². The maximum Gasteiger partial charge on any atom is 0.437 e. The molecule has 0 bridgehead atoms. The molecule has 8 rings (SSSR count). The van der Waals surface area contributed by atoms with E-state index in [1.54, 1.807) is 21.9 Å². The molecule has 4 aromatic carbocycles. The molecule has 1 N–H and O–H groups in total. The molecule has 2 amide bonds. The van der Waals surface area contributed by atoms with Crippen LogP contribution >= 0.6 is 0 Å². The lowest BCUT2D eigenvalue weighted by Gasteiger charge is -2.30. The number of alkyl halides is 6. The van der Waals surface area contributed by atoms with Crippen molar-refractivity contribution in [2.75, 3.05) is 43.2 Å². The number of nitrogens with zero attached hydrogens (tertiary/aromatic N) is 4. The molecule has 4 heterocycles. The van der Waals surface area contributed by atoms with Crippen LogP contribution in [0.1, 0.15) is 97.1 Å². The van der Waals surface area contributed by atoms with Gasteiger partial charge in [-0.3, -0.25) is 19.2 Å². The monoisotopic (exact) mass is 994 g/mol. The van der Waals surface area contributed by atoms with Crippen LogP contribution in [0.25, 0.3) is 21.9 Å². The van der Waals surface area contributed by atoms with Crippen molar-refractivity contribution in [3.63, 3.8) is 0 Å². The van der Waals surface area contributed by atoms with E-state index in [1.165, 1.54) is 31.4 Å². The summed E-state index contributed by atoms with van der Waals surface area (Å²) in [5, 5.41) is 15.3. The molecule has 2 aliphatic heterocycles. The minimum Gasteiger partial charge on any atom is -0.493 e. The van der Waals surface area contributed by atoms with E-state index in [9.17, 15) is 45.5 Å². The second-order valence-corrected chi connectivity index (χ2v) is 17.1. The van der Waals surface area contributed by atoms with Crippen LogP contribution < -0.4 is 19.3 Å². The third kappa shape index (κ3) is 12.1. The molecule has 0 saturated carbocycles. The van der Waals surface area contributed by atoms with Gasteiger partial charge in [-0.15, -0.1) is 0 Å². The van der Waals surface area contributed by atoms with Crippen LogP contribution in [0.5, 0.6) is 11.5 Å². The summed E-state index contributed by atoms with van der Waals surface area (Å²) in [5.41, 5.74) is 4.20. The number of amides is 2. The van der Waals surface area contributed by atoms with E-state index in [4.69, 9.17) is 28.4 Å². The summed E-state index contributed by atoms with van der Waals surface area (Å²) in [6, 6.07) is 16.6. The molecule has 20 heteroatoms. The van der Waals surface area contributed by atoms with Crippen LogP contribution in [0.4, 0.5) is 37.7 Å². The van der Waals surface area contributed by atoms with Gasteiger partial charge in [-0.05, 0) is 97.2 Å². The highest BCUT2D eigenvalue weighted by Crippen LogP contribution is 2.40. The van der Waals surface area contributed by atoms with Crippen LogP contribution in [0.3, 0.4) is 0 Å². The molecule has 2 aromatic heterocycles. The maximum absolute atomic E-state index is 13.2. The molecule has 2 aliphatic rings. The van der Waals surface area contributed by atoms with Crippen molar-refractivity contribution in [1.82, 2.24) is 10.3 Å². The van der Waals surface area contributed by atoms with Crippen LogP contribution in [0.2, 0.25) is 0 Å². The standard InChI is InChI=1S/C26H27F3N2O5.C25H25F3N2O5/c1-3-5-18-21(10-8-19-24(18)36-30-25(19)26(27,28)29)35-13-4-12-31-20-9-6-16(15-23(33)34-2)14-17(20)7-11-22(31)32;1-2-4-17-20(9-7-18-23(17)35-29-24(18)25(26,27)28)34-12-3-11-30-19-8-5-15(14-22(32)33)13-16(19)6-10-21(30)31/h6,8-10,14H,3-5,7,11-13,15H2,1-2H3;5,7-9,13H,2-4,6,10-12,14H2,1H3,(H,32,33). The molecule has 0 radical (unpaired) electrons. The lowest BCUT2D eigenvalue weighted by molar-refractivity contribution is -0.142. The van der Waals surface area contributed by atoms with E-state index in [-0.39, 0.29) is 65.8 Å². The highest BCUT2D eigenvalue weighted by atomic mass is 19.4. The highest BCUT2D eigenvalue weighted by Gasteiger charge is 2.39. The number of halogens is 6. The van der Waals surface area contributed by atoms with Crippen LogP contribution in [0.15, 0.2) is 69.7 Å². The third-order valence-corrected chi connectivity index (χ3v) is 12.1. The Bertz CT molecular complexity index is 2910.